The highest BCUT2D eigenvalue weighted by Crippen LogP contribution is 2.28. The summed E-state index contributed by atoms with van der Waals surface area (Å²) >= 11 is 0. The molecule has 1 aromatic carbocycles. The van der Waals surface area contributed by atoms with Crippen LogP contribution < -0.4 is 5.73 Å². The van der Waals surface area contributed by atoms with Crippen LogP contribution in [0, 0.1) is 0 Å². The molecule has 0 bridgehead atoms. The number of hydrogen-bond donors (Lipinski definition) is 1. The number of rotatable bonds is 5. The van der Waals surface area contributed by atoms with Gasteiger partial charge in [0.1, 0.15) is 0 Å². The van der Waals surface area contributed by atoms with Crippen molar-refractivity contribution in [2.45, 2.75) is 57.7 Å². The molecule has 1 saturated heterocycles. The van der Waals surface area contributed by atoms with Crippen LogP contribution in [0.3, 0.4) is 0 Å². The SMILES string of the molecule is CCc1ccc(C(N)C(C)N2CCCC(C)(OC)C2)cc1. The van der Waals surface area contributed by atoms with Crippen molar-refractivity contribution in [3.05, 3.63) is 35.4 Å². The molecule has 0 spiro atoms. The van der Waals surface area contributed by atoms with Gasteiger partial charge in [-0.1, -0.05) is 31.2 Å². The van der Waals surface area contributed by atoms with Crippen LogP contribution in [0.25, 0.3) is 0 Å². The van der Waals surface area contributed by atoms with E-state index in [4.69, 9.17) is 10.5 Å². The average molecular weight is 290 g/mol. The Bertz CT molecular complexity index is 445. The van der Waals surface area contributed by atoms with E-state index < -0.39 is 0 Å². The van der Waals surface area contributed by atoms with Gasteiger partial charge < -0.3 is 10.5 Å². The van der Waals surface area contributed by atoms with Crippen LogP contribution in [0.15, 0.2) is 24.3 Å². The zero-order valence-electron chi connectivity index (χ0n) is 13.9. The zero-order chi connectivity index (χ0) is 15.5. The van der Waals surface area contributed by atoms with Crippen molar-refractivity contribution in [3.8, 4) is 0 Å². The van der Waals surface area contributed by atoms with E-state index in [1.165, 1.54) is 17.5 Å². The largest absolute Gasteiger partial charge is 0.377 e. The quantitative estimate of drug-likeness (QED) is 0.905. The maximum absolute atomic E-state index is 6.51. The standard InChI is InChI=1S/C18H30N2O/c1-5-15-7-9-16(10-8-15)17(19)14(2)20-12-6-11-18(3,13-20)21-4/h7-10,14,17H,5-6,11-13,19H2,1-4H3. The smallest absolute Gasteiger partial charge is 0.0777 e. The van der Waals surface area contributed by atoms with Crippen LogP contribution in [0.1, 0.15) is 50.8 Å². The number of piperidine rings is 1. The first-order chi connectivity index (χ1) is 9.99. The third kappa shape index (κ3) is 3.85. The van der Waals surface area contributed by atoms with Crippen LogP contribution in [0.5, 0.6) is 0 Å². The van der Waals surface area contributed by atoms with Crippen molar-refractivity contribution in [1.29, 1.82) is 0 Å². The van der Waals surface area contributed by atoms with Crippen molar-refractivity contribution < 1.29 is 4.74 Å². The van der Waals surface area contributed by atoms with Gasteiger partial charge in [0.2, 0.25) is 0 Å². The summed E-state index contributed by atoms with van der Waals surface area (Å²) in [7, 11) is 1.82. The van der Waals surface area contributed by atoms with E-state index in [2.05, 4.69) is 49.9 Å². The topological polar surface area (TPSA) is 38.5 Å². The predicted octanol–water partition coefficient (Wildman–Crippen LogP) is 3.14. The Kier molecular flexibility index (Phi) is 5.42. The van der Waals surface area contributed by atoms with Crippen molar-refractivity contribution in [2.75, 3.05) is 20.2 Å². The van der Waals surface area contributed by atoms with Gasteiger partial charge in [0.25, 0.3) is 0 Å². The summed E-state index contributed by atoms with van der Waals surface area (Å²) in [5.74, 6) is 0. The lowest BCUT2D eigenvalue weighted by atomic mass is 9.91. The molecule has 2 rings (SSSR count). The van der Waals surface area contributed by atoms with Crippen molar-refractivity contribution in [3.63, 3.8) is 0 Å². The molecule has 0 aliphatic carbocycles. The minimum Gasteiger partial charge on any atom is -0.377 e. The second-order valence-corrected chi connectivity index (χ2v) is 6.59. The van der Waals surface area contributed by atoms with Crippen molar-refractivity contribution in [1.82, 2.24) is 4.90 Å². The highest BCUT2D eigenvalue weighted by Gasteiger charge is 2.34. The Labute approximate surface area is 129 Å². The molecule has 2 N–H and O–H groups in total. The summed E-state index contributed by atoms with van der Waals surface area (Å²) in [5.41, 5.74) is 9.07. The summed E-state index contributed by atoms with van der Waals surface area (Å²) in [5, 5.41) is 0. The van der Waals surface area contributed by atoms with E-state index in [1.54, 1.807) is 0 Å². The highest BCUT2D eigenvalue weighted by atomic mass is 16.5. The van der Waals surface area contributed by atoms with E-state index in [9.17, 15) is 0 Å². The van der Waals surface area contributed by atoms with Gasteiger partial charge in [0.15, 0.2) is 0 Å². The normalized spacial score (nSPS) is 26.5. The first kappa shape index (κ1) is 16.5. The molecule has 3 atom stereocenters. The molecule has 0 aromatic heterocycles. The number of hydrogen-bond acceptors (Lipinski definition) is 3. The van der Waals surface area contributed by atoms with Gasteiger partial charge in [-0.15, -0.1) is 0 Å². The van der Waals surface area contributed by atoms with Crippen LogP contribution >= 0.6 is 0 Å². The number of nitrogens with two attached hydrogens (primary N) is 1. The molecule has 21 heavy (non-hydrogen) atoms. The number of aryl methyl sites for hydroxylation is 1. The molecule has 1 heterocycles. The second kappa shape index (κ2) is 6.91. The monoisotopic (exact) mass is 290 g/mol. The Morgan fingerprint density at radius 1 is 1.33 bits per heavy atom. The first-order valence-electron chi connectivity index (χ1n) is 8.12. The summed E-state index contributed by atoms with van der Waals surface area (Å²) in [6.07, 6.45) is 3.38. The fraction of sp³-hybridized carbons (Fsp3) is 0.667. The molecule has 1 fully saturated rings. The number of methoxy groups -OCH3 is 1. The lowest BCUT2D eigenvalue weighted by Gasteiger charge is -2.43. The molecular formula is C18H30N2O. The minimum atomic E-state index is -0.0295. The van der Waals surface area contributed by atoms with Crippen LogP contribution in [0.2, 0.25) is 0 Å². The molecule has 118 valence electrons. The molecule has 3 nitrogen and oxygen atoms in total. The summed E-state index contributed by atoms with van der Waals surface area (Å²) in [6.45, 7) is 8.69. The van der Waals surface area contributed by atoms with Crippen LogP contribution in [0.4, 0.5) is 0 Å². The number of nitrogens with zero attached hydrogens (tertiary/aromatic N) is 1. The van der Waals surface area contributed by atoms with Gasteiger partial charge in [-0.25, -0.2) is 0 Å². The number of ether oxygens (including phenoxy) is 1. The molecule has 0 radical (unpaired) electrons. The fourth-order valence-corrected chi connectivity index (χ4v) is 3.24. The zero-order valence-corrected chi connectivity index (χ0v) is 13.9. The fourth-order valence-electron chi connectivity index (χ4n) is 3.24. The Balaban J connectivity index is 2.05. The Morgan fingerprint density at radius 2 is 2.00 bits per heavy atom. The molecule has 1 aromatic rings. The van der Waals surface area contributed by atoms with E-state index in [0.717, 1.165) is 25.9 Å². The molecule has 1 aliphatic rings. The second-order valence-electron chi connectivity index (χ2n) is 6.59. The lowest BCUT2D eigenvalue weighted by Crippen LogP contribution is -2.52. The van der Waals surface area contributed by atoms with Gasteiger partial charge >= 0.3 is 0 Å². The molecule has 3 unspecified atom stereocenters. The third-order valence-corrected chi connectivity index (χ3v) is 5.05. The molecule has 3 heteroatoms. The predicted molar refractivity (Wildman–Crippen MR) is 88.4 cm³/mol. The van der Waals surface area contributed by atoms with E-state index in [1.807, 2.05) is 7.11 Å². The Hall–Kier alpha value is -0.900. The first-order valence-corrected chi connectivity index (χ1v) is 8.12. The number of benzene rings is 1. The molecule has 1 aliphatic heterocycles. The van der Waals surface area contributed by atoms with Gasteiger partial charge in [-0.05, 0) is 50.8 Å². The van der Waals surface area contributed by atoms with Crippen molar-refractivity contribution in [2.24, 2.45) is 5.73 Å². The molecule has 0 amide bonds. The van der Waals surface area contributed by atoms with Gasteiger partial charge in [-0.2, -0.15) is 0 Å². The van der Waals surface area contributed by atoms with Crippen molar-refractivity contribution >= 4 is 0 Å². The van der Waals surface area contributed by atoms with Crippen LogP contribution in [-0.4, -0.2) is 36.7 Å². The van der Waals surface area contributed by atoms with Gasteiger partial charge in [0, 0.05) is 25.7 Å². The van der Waals surface area contributed by atoms with E-state index >= 15 is 0 Å². The highest BCUT2D eigenvalue weighted by molar-refractivity contribution is 5.25. The summed E-state index contributed by atoms with van der Waals surface area (Å²) in [4.78, 5) is 2.48. The number of likely N-dealkylation sites (tertiary alicyclic amines) is 1. The Morgan fingerprint density at radius 3 is 2.57 bits per heavy atom. The third-order valence-electron chi connectivity index (χ3n) is 5.05. The lowest BCUT2D eigenvalue weighted by molar-refractivity contribution is -0.0618. The summed E-state index contributed by atoms with van der Waals surface area (Å²) in [6, 6.07) is 9.12. The van der Waals surface area contributed by atoms with Crippen LogP contribution in [-0.2, 0) is 11.2 Å². The van der Waals surface area contributed by atoms with E-state index in [-0.39, 0.29) is 11.6 Å². The van der Waals surface area contributed by atoms with Gasteiger partial charge in [-0.3, -0.25) is 4.90 Å². The van der Waals surface area contributed by atoms with E-state index in [0.29, 0.717) is 6.04 Å². The van der Waals surface area contributed by atoms with Gasteiger partial charge in [0.05, 0.1) is 5.60 Å². The maximum Gasteiger partial charge on any atom is 0.0777 e. The molecule has 0 saturated carbocycles. The maximum atomic E-state index is 6.51. The molecular weight excluding hydrogens is 260 g/mol. The average Bonchev–Trinajstić information content (AvgIpc) is 2.53. The summed E-state index contributed by atoms with van der Waals surface area (Å²) < 4.78 is 5.69. The minimum absolute atomic E-state index is 0.0295.